The van der Waals surface area contributed by atoms with Gasteiger partial charge in [-0.15, -0.1) is 0 Å². The summed E-state index contributed by atoms with van der Waals surface area (Å²) in [7, 11) is 0. The Labute approximate surface area is 112 Å². The lowest BCUT2D eigenvalue weighted by molar-refractivity contribution is -0.128. The first-order chi connectivity index (χ1) is 8.56. The van der Waals surface area contributed by atoms with E-state index in [4.69, 9.17) is 11.6 Å². The van der Waals surface area contributed by atoms with Crippen molar-refractivity contribution in [3.05, 3.63) is 29.3 Å². The van der Waals surface area contributed by atoms with Crippen LogP contribution in [0.15, 0.2) is 24.3 Å². The molecular weight excluding hydrogens is 276 g/mol. The van der Waals surface area contributed by atoms with Gasteiger partial charge >= 0.3 is 0 Å². The number of hydrogen-bond acceptors (Lipinski definition) is 4. The van der Waals surface area contributed by atoms with Crippen molar-refractivity contribution in [1.82, 2.24) is 4.90 Å². The molecule has 0 spiro atoms. The molecule has 1 aliphatic rings. The molecule has 0 saturated carbocycles. The largest absolute Gasteiger partial charge is 0.325 e. The predicted molar refractivity (Wildman–Crippen MR) is 69.6 cm³/mol. The highest BCUT2D eigenvalue weighted by Crippen LogP contribution is 2.18. The second-order valence-corrected chi connectivity index (χ2v) is 4.95. The lowest BCUT2D eigenvalue weighted by Crippen LogP contribution is -2.36. The minimum absolute atomic E-state index is 0.104. The zero-order chi connectivity index (χ0) is 13.1. The number of thioether (sulfide) groups is 1. The lowest BCUT2D eigenvalue weighted by Gasteiger charge is -2.12. The molecule has 1 N–H and O–H groups in total. The molecule has 1 aromatic rings. The predicted octanol–water partition coefficient (Wildman–Crippen LogP) is 1.97. The maximum atomic E-state index is 11.6. The molecule has 5 nitrogen and oxygen atoms in total. The summed E-state index contributed by atoms with van der Waals surface area (Å²) < 4.78 is 0. The standard InChI is InChI=1S/C11H9ClN2O3S/c12-7-1-3-8(4-2-7)13-9(15)5-14-10(16)6-18-11(14)17/h1-4H,5-6H2,(H,13,15). The zero-order valence-corrected chi connectivity index (χ0v) is 10.8. The number of amides is 3. The summed E-state index contributed by atoms with van der Waals surface area (Å²) in [5.74, 6) is -0.648. The van der Waals surface area contributed by atoms with Crippen LogP contribution in [-0.2, 0) is 9.59 Å². The van der Waals surface area contributed by atoms with Crippen molar-refractivity contribution in [1.29, 1.82) is 0 Å². The molecule has 0 aliphatic carbocycles. The van der Waals surface area contributed by atoms with Crippen LogP contribution in [-0.4, -0.2) is 34.3 Å². The number of halogens is 1. The number of rotatable bonds is 3. The Morgan fingerprint density at radius 2 is 2.00 bits per heavy atom. The topological polar surface area (TPSA) is 66.5 Å². The normalized spacial score (nSPS) is 15.1. The Morgan fingerprint density at radius 1 is 1.33 bits per heavy atom. The van der Waals surface area contributed by atoms with E-state index in [9.17, 15) is 14.4 Å². The van der Waals surface area contributed by atoms with Crippen LogP contribution >= 0.6 is 23.4 Å². The molecule has 0 unspecified atom stereocenters. The molecule has 1 aromatic carbocycles. The van der Waals surface area contributed by atoms with Gasteiger partial charge in [0.2, 0.25) is 11.8 Å². The molecule has 94 valence electrons. The second-order valence-electron chi connectivity index (χ2n) is 3.59. The monoisotopic (exact) mass is 284 g/mol. The zero-order valence-electron chi connectivity index (χ0n) is 9.18. The van der Waals surface area contributed by atoms with Gasteiger partial charge in [0.25, 0.3) is 5.24 Å². The summed E-state index contributed by atoms with van der Waals surface area (Å²) in [6.07, 6.45) is 0. The van der Waals surface area contributed by atoms with Gasteiger partial charge in [-0.3, -0.25) is 19.3 Å². The number of nitrogens with zero attached hydrogens (tertiary/aromatic N) is 1. The van der Waals surface area contributed by atoms with Crippen molar-refractivity contribution < 1.29 is 14.4 Å². The van der Waals surface area contributed by atoms with Crippen LogP contribution in [0.4, 0.5) is 10.5 Å². The third kappa shape index (κ3) is 3.02. The van der Waals surface area contributed by atoms with Crippen LogP contribution in [0.5, 0.6) is 0 Å². The van der Waals surface area contributed by atoms with Crippen LogP contribution in [0.3, 0.4) is 0 Å². The van der Waals surface area contributed by atoms with Crippen molar-refractivity contribution in [2.24, 2.45) is 0 Å². The first kappa shape index (κ1) is 12.9. The first-order valence-electron chi connectivity index (χ1n) is 5.09. The van der Waals surface area contributed by atoms with Crippen molar-refractivity contribution in [3.63, 3.8) is 0 Å². The third-order valence-corrected chi connectivity index (χ3v) is 3.38. The quantitative estimate of drug-likeness (QED) is 0.921. The van der Waals surface area contributed by atoms with Gasteiger partial charge in [0.1, 0.15) is 6.54 Å². The van der Waals surface area contributed by atoms with E-state index in [-0.39, 0.29) is 23.4 Å². The fourth-order valence-electron chi connectivity index (χ4n) is 1.41. The van der Waals surface area contributed by atoms with Crippen molar-refractivity contribution in [2.45, 2.75) is 0 Å². The number of hydrogen-bond donors (Lipinski definition) is 1. The number of nitrogens with one attached hydrogen (secondary N) is 1. The highest BCUT2D eigenvalue weighted by molar-refractivity contribution is 8.14. The summed E-state index contributed by atoms with van der Waals surface area (Å²) >= 11 is 6.61. The van der Waals surface area contributed by atoms with E-state index in [2.05, 4.69) is 5.32 Å². The molecule has 1 heterocycles. The number of carbonyl (C=O) groups excluding carboxylic acids is 3. The fourth-order valence-corrected chi connectivity index (χ4v) is 2.26. The molecule has 3 amide bonds. The number of anilines is 1. The van der Waals surface area contributed by atoms with Crippen LogP contribution in [0, 0.1) is 0 Å². The Balaban J connectivity index is 1.94. The number of imide groups is 1. The van der Waals surface area contributed by atoms with Crippen LogP contribution < -0.4 is 5.32 Å². The average molecular weight is 285 g/mol. The van der Waals surface area contributed by atoms with Gasteiger partial charge in [0.05, 0.1) is 5.75 Å². The van der Waals surface area contributed by atoms with Gasteiger partial charge in [-0.2, -0.15) is 0 Å². The molecule has 0 aromatic heterocycles. The summed E-state index contributed by atoms with van der Waals surface area (Å²) in [5.41, 5.74) is 0.566. The minimum atomic E-state index is -0.415. The fraction of sp³-hybridized carbons (Fsp3) is 0.182. The SMILES string of the molecule is O=C(CN1C(=O)CSC1=O)Nc1ccc(Cl)cc1. The summed E-state index contributed by atoms with van der Waals surface area (Å²) in [6.45, 7) is -0.257. The summed E-state index contributed by atoms with van der Waals surface area (Å²) in [4.78, 5) is 35.2. The van der Waals surface area contributed by atoms with E-state index in [1.54, 1.807) is 24.3 Å². The highest BCUT2D eigenvalue weighted by atomic mass is 35.5. The Hall–Kier alpha value is -1.53. The first-order valence-corrected chi connectivity index (χ1v) is 6.45. The van der Waals surface area contributed by atoms with Crippen molar-refractivity contribution >= 4 is 46.1 Å². The third-order valence-electron chi connectivity index (χ3n) is 2.27. The van der Waals surface area contributed by atoms with Crippen LogP contribution in [0.2, 0.25) is 5.02 Å². The van der Waals surface area contributed by atoms with E-state index in [0.717, 1.165) is 16.7 Å². The molecule has 0 radical (unpaired) electrons. The molecule has 1 aliphatic heterocycles. The maximum absolute atomic E-state index is 11.6. The Kier molecular flexibility index (Phi) is 3.88. The van der Waals surface area contributed by atoms with Gasteiger partial charge in [0, 0.05) is 10.7 Å². The summed E-state index contributed by atoms with van der Waals surface area (Å²) in [5, 5.41) is 2.77. The Bertz CT molecular complexity index is 488. The van der Waals surface area contributed by atoms with E-state index >= 15 is 0 Å². The molecule has 1 fully saturated rings. The molecular formula is C11H9ClN2O3S. The second kappa shape index (κ2) is 5.41. The van der Waals surface area contributed by atoms with Gasteiger partial charge in [-0.1, -0.05) is 23.4 Å². The molecule has 18 heavy (non-hydrogen) atoms. The van der Waals surface area contributed by atoms with Crippen LogP contribution in [0.1, 0.15) is 0 Å². The lowest BCUT2D eigenvalue weighted by atomic mass is 10.3. The van der Waals surface area contributed by atoms with E-state index in [0.29, 0.717) is 10.7 Å². The minimum Gasteiger partial charge on any atom is -0.325 e. The van der Waals surface area contributed by atoms with Gasteiger partial charge in [-0.25, -0.2) is 0 Å². The van der Waals surface area contributed by atoms with E-state index < -0.39 is 5.91 Å². The smallest absolute Gasteiger partial charge is 0.289 e. The molecule has 1 saturated heterocycles. The van der Waals surface area contributed by atoms with Crippen molar-refractivity contribution in [3.8, 4) is 0 Å². The summed E-state index contributed by atoms with van der Waals surface area (Å²) in [6, 6.07) is 6.56. The Morgan fingerprint density at radius 3 is 2.56 bits per heavy atom. The van der Waals surface area contributed by atoms with Crippen LogP contribution in [0.25, 0.3) is 0 Å². The number of carbonyl (C=O) groups is 3. The van der Waals surface area contributed by atoms with Gasteiger partial charge in [0.15, 0.2) is 0 Å². The molecule has 0 bridgehead atoms. The van der Waals surface area contributed by atoms with E-state index in [1.165, 1.54) is 0 Å². The molecule has 2 rings (SSSR count). The van der Waals surface area contributed by atoms with Gasteiger partial charge in [-0.05, 0) is 24.3 Å². The average Bonchev–Trinajstić information content (AvgIpc) is 2.64. The van der Waals surface area contributed by atoms with E-state index in [1.807, 2.05) is 0 Å². The van der Waals surface area contributed by atoms with Gasteiger partial charge < -0.3 is 5.32 Å². The maximum Gasteiger partial charge on any atom is 0.289 e. The molecule has 7 heteroatoms. The number of benzene rings is 1. The molecule has 0 atom stereocenters. The highest BCUT2D eigenvalue weighted by Gasteiger charge is 2.31. The van der Waals surface area contributed by atoms with Crippen molar-refractivity contribution in [2.75, 3.05) is 17.6 Å².